The largest absolute Gasteiger partial charge is 0.416 e. The number of nitrogens with zero attached hydrogens (tertiary/aromatic N) is 1. The number of thioether (sulfide) groups is 1. The summed E-state index contributed by atoms with van der Waals surface area (Å²) in [6.45, 7) is 6.44. The predicted molar refractivity (Wildman–Crippen MR) is 82.8 cm³/mol. The molecule has 0 bridgehead atoms. The highest BCUT2D eigenvalue weighted by Gasteiger charge is 2.30. The van der Waals surface area contributed by atoms with Gasteiger partial charge in [0, 0.05) is 11.4 Å². The average molecular weight is 316 g/mol. The lowest BCUT2D eigenvalue weighted by molar-refractivity contribution is -0.137. The summed E-state index contributed by atoms with van der Waals surface area (Å²) in [5.41, 5.74) is 0.0799. The number of benzene rings is 1. The molecule has 2 rings (SSSR count). The van der Waals surface area contributed by atoms with Gasteiger partial charge in [0.15, 0.2) is 5.17 Å². The molecule has 21 heavy (non-hydrogen) atoms. The number of amidine groups is 1. The molecule has 0 aromatic heterocycles. The van der Waals surface area contributed by atoms with E-state index >= 15 is 0 Å². The van der Waals surface area contributed by atoms with Crippen molar-refractivity contribution >= 4 is 22.6 Å². The molecule has 0 saturated heterocycles. The van der Waals surface area contributed by atoms with Crippen molar-refractivity contribution in [3.8, 4) is 0 Å². The molecule has 1 aliphatic rings. The fraction of sp³-hybridized carbons (Fsp3) is 0.533. The van der Waals surface area contributed by atoms with E-state index in [0.29, 0.717) is 5.69 Å². The Kier molecular flexibility index (Phi) is 4.56. The molecule has 1 heterocycles. The van der Waals surface area contributed by atoms with E-state index in [1.54, 1.807) is 11.8 Å². The molecular formula is C15H19F3N2S. The molecule has 2 nitrogen and oxygen atoms in total. The van der Waals surface area contributed by atoms with Gasteiger partial charge in [-0.25, -0.2) is 0 Å². The summed E-state index contributed by atoms with van der Waals surface area (Å²) in [5, 5.41) is 3.89. The molecule has 0 saturated carbocycles. The van der Waals surface area contributed by atoms with E-state index in [1.807, 2.05) is 0 Å². The van der Waals surface area contributed by atoms with Crippen LogP contribution >= 0.6 is 11.8 Å². The van der Waals surface area contributed by atoms with Crippen molar-refractivity contribution in [3.63, 3.8) is 0 Å². The lowest BCUT2D eigenvalue weighted by Gasteiger charge is -2.31. The molecule has 1 unspecified atom stereocenters. The van der Waals surface area contributed by atoms with E-state index in [1.165, 1.54) is 12.1 Å². The summed E-state index contributed by atoms with van der Waals surface area (Å²) < 4.78 is 37.5. The number of rotatable bonds is 1. The summed E-state index contributed by atoms with van der Waals surface area (Å²) >= 11 is 1.60. The number of hydrogen-bond donors (Lipinski definition) is 1. The lowest BCUT2D eigenvalue weighted by Crippen LogP contribution is -2.30. The molecule has 1 aliphatic heterocycles. The zero-order valence-electron chi connectivity index (χ0n) is 12.3. The average Bonchev–Trinajstić information content (AvgIpc) is 2.37. The fourth-order valence-corrected chi connectivity index (χ4v) is 3.00. The maximum absolute atomic E-state index is 12.5. The van der Waals surface area contributed by atoms with Crippen molar-refractivity contribution in [1.82, 2.24) is 0 Å². The minimum atomic E-state index is -4.30. The normalized spacial score (nSPS) is 20.1. The van der Waals surface area contributed by atoms with Crippen LogP contribution in [0, 0.1) is 5.41 Å². The Bertz CT molecular complexity index is 515. The van der Waals surface area contributed by atoms with Gasteiger partial charge in [0.2, 0.25) is 0 Å². The maximum atomic E-state index is 12.5. The number of hydrogen-bond acceptors (Lipinski definition) is 3. The van der Waals surface area contributed by atoms with Crippen LogP contribution in [0.2, 0.25) is 0 Å². The molecule has 0 fully saturated rings. The predicted octanol–water partition coefficient (Wildman–Crippen LogP) is 5.02. The molecule has 0 aliphatic carbocycles. The second-order valence-electron chi connectivity index (χ2n) is 6.15. The Hall–Kier alpha value is -1.17. The quantitative estimate of drug-likeness (QED) is 0.786. The van der Waals surface area contributed by atoms with Crippen LogP contribution < -0.4 is 5.32 Å². The van der Waals surface area contributed by atoms with Gasteiger partial charge >= 0.3 is 6.18 Å². The standard InChI is InChI=1S/C15H19F3N2S/c1-14(2,3)12-8-9-21-13(20-12)19-11-6-4-10(5-7-11)15(16,17)18/h4-7,12H,8-9H2,1-3H3,(H,19,20). The molecule has 6 heteroatoms. The van der Waals surface area contributed by atoms with Crippen molar-refractivity contribution in [2.45, 2.75) is 39.4 Å². The minimum absolute atomic E-state index is 0.0913. The third-order valence-electron chi connectivity index (χ3n) is 3.37. The van der Waals surface area contributed by atoms with Crippen LogP contribution in [-0.4, -0.2) is 17.0 Å². The Labute approximate surface area is 127 Å². The van der Waals surface area contributed by atoms with E-state index in [9.17, 15) is 13.2 Å². The van der Waals surface area contributed by atoms with E-state index in [2.05, 4.69) is 31.1 Å². The highest BCUT2D eigenvalue weighted by Crippen LogP contribution is 2.32. The van der Waals surface area contributed by atoms with Gasteiger partial charge < -0.3 is 5.32 Å². The van der Waals surface area contributed by atoms with Crippen LogP contribution in [-0.2, 0) is 6.18 Å². The third kappa shape index (κ3) is 4.40. The Morgan fingerprint density at radius 3 is 2.29 bits per heavy atom. The third-order valence-corrected chi connectivity index (χ3v) is 4.29. The number of nitrogens with one attached hydrogen (secondary N) is 1. The molecular weight excluding hydrogens is 297 g/mol. The van der Waals surface area contributed by atoms with E-state index in [-0.39, 0.29) is 11.5 Å². The van der Waals surface area contributed by atoms with Gasteiger partial charge in [0.25, 0.3) is 0 Å². The first-order valence-electron chi connectivity index (χ1n) is 6.81. The molecule has 1 atom stereocenters. The Morgan fingerprint density at radius 2 is 1.76 bits per heavy atom. The smallest absolute Gasteiger partial charge is 0.335 e. The second-order valence-corrected chi connectivity index (χ2v) is 7.24. The molecule has 116 valence electrons. The van der Waals surface area contributed by atoms with Crippen LogP contribution in [0.3, 0.4) is 0 Å². The molecule has 0 spiro atoms. The monoisotopic (exact) mass is 316 g/mol. The number of halogens is 3. The minimum Gasteiger partial charge on any atom is -0.335 e. The van der Waals surface area contributed by atoms with Gasteiger partial charge in [-0.2, -0.15) is 13.2 Å². The van der Waals surface area contributed by atoms with Crippen molar-refractivity contribution in [2.75, 3.05) is 11.1 Å². The summed E-state index contributed by atoms with van der Waals surface area (Å²) in [6.07, 6.45) is -3.28. The highest BCUT2D eigenvalue weighted by molar-refractivity contribution is 8.14. The van der Waals surface area contributed by atoms with E-state index in [4.69, 9.17) is 0 Å². The summed E-state index contributed by atoms with van der Waals surface area (Å²) in [4.78, 5) is 4.67. The van der Waals surface area contributed by atoms with Crippen LogP contribution in [0.5, 0.6) is 0 Å². The van der Waals surface area contributed by atoms with Gasteiger partial charge in [0.1, 0.15) is 0 Å². The summed E-state index contributed by atoms with van der Waals surface area (Å²) in [7, 11) is 0. The van der Waals surface area contributed by atoms with Crippen molar-refractivity contribution in [3.05, 3.63) is 29.8 Å². The summed E-state index contributed by atoms with van der Waals surface area (Å²) in [5.74, 6) is 0.967. The van der Waals surface area contributed by atoms with Gasteiger partial charge in [-0.15, -0.1) is 0 Å². The van der Waals surface area contributed by atoms with Crippen molar-refractivity contribution in [1.29, 1.82) is 0 Å². The van der Waals surface area contributed by atoms with Gasteiger partial charge in [-0.3, -0.25) is 4.99 Å². The second kappa shape index (κ2) is 5.91. The molecule has 0 amide bonds. The van der Waals surface area contributed by atoms with Crippen molar-refractivity contribution in [2.24, 2.45) is 10.4 Å². The van der Waals surface area contributed by atoms with E-state index < -0.39 is 11.7 Å². The van der Waals surface area contributed by atoms with E-state index in [0.717, 1.165) is 29.5 Å². The topological polar surface area (TPSA) is 24.4 Å². The molecule has 1 aromatic rings. The maximum Gasteiger partial charge on any atom is 0.416 e. The zero-order valence-corrected chi connectivity index (χ0v) is 13.1. The zero-order chi connectivity index (χ0) is 15.7. The van der Waals surface area contributed by atoms with Crippen LogP contribution in [0.15, 0.2) is 29.3 Å². The highest BCUT2D eigenvalue weighted by atomic mass is 32.2. The summed E-state index contributed by atoms with van der Waals surface area (Å²) in [6, 6.07) is 5.27. The van der Waals surface area contributed by atoms with Gasteiger partial charge in [-0.05, 0) is 36.1 Å². The van der Waals surface area contributed by atoms with Crippen molar-refractivity contribution < 1.29 is 13.2 Å². The van der Waals surface area contributed by atoms with Crippen LogP contribution in [0.4, 0.5) is 18.9 Å². The fourth-order valence-electron chi connectivity index (χ4n) is 2.07. The first-order valence-corrected chi connectivity index (χ1v) is 7.80. The van der Waals surface area contributed by atoms with Gasteiger partial charge in [-0.1, -0.05) is 32.5 Å². The SMILES string of the molecule is CC(C)(C)C1CCSC(Nc2ccc(C(F)(F)F)cc2)=N1. The number of aliphatic imine (C=N–C) groups is 1. The molecule has 1 aromatic carbocycles. The van der Waals surface area contributed by atoms with Crippen LogP contribution in [0.1, 0.15) is 32.8 Å². The Balaban J connectivity index is 2.09. The molecule has 1 N–H and O–H groups in total. The lowest BCUT2D eigenvalue weighted by atomic mass is 9.85. The number of alkyl halides is 3. The van der Waals surface area contributed by atoms with Crippen LogP contribution in [0.25, 0.3) is 0 Å². The number of anilines is 1. The Morgan fingerprint density at radius 1 is 1.14 bits per heavy atom. The molecule has 0 radical (unpaired) electrons. The van der Waals surface area contributed by atoms with Gasteiger partial charge in [0.05, 0.1) is 11.6 Å². The first kappa shape index (κ1) is 16.2. The first-order chi connectivity index (χ1) is 9.66.